The Morgan fingerprint density at radius 3 is 2.62 bits per heavy atom. The van der Waals surface area contributed by atoms with E-state index in [-0.39, 0.29) is 7.55 Å². The molecule has 3 atom stereocenters. The maximum absolute atomic E-state index is 11.1. The van der Waals surface area contributed by atoms with Gasteiger partial charge in [-0.3, -0.25) is 4.79 Å². The normalized spacial score (nSPS) is 14.9. The molecule has 0 aromatic carbocycles. The minimum absolute atomic E-state index is 0.161. The van der Waals surface area contributed by atoms with Crippen molar-refractivity contribution in [2.45, 2.75) is 18.5 Å². The fourth-order valence-corrected chi connectivity index (χ4v) is 2.41. The monoisotopic (exact) mass is 222 g/mol. The molecule has 0 rings (SSSR count). The summed E-state index contributed by atoms with van der Waals surface area (Å²) in [5, 5.41) is 0. The van der Waals surface area contributed by atoms with Crippen molar-refractivity contribution in [3.05, 3.63) is 0 Å². The van der Waals surface area contributed by atoms with Crippen LogP contribution in [0.25, 0.3) is 0 Å². The van der Waals surface area contributed by atoms with Crippen molar-refractivity contribution in [3.63, 3.8) is 0 Å². The lowest BCUT2D eigenvalue weighted by atomic mass is 10.3. The molecule has 3 nitrogen and oxygen atoms in total. The van der Waals surface area contributed by atoms with E-state index in [1.165, 1.54) is 7.11 Å². The van der Waals surface area contributed by atoms with Crippen molar-refractivity contribution < 1.29 is 13.9 Å². The molecule has 0 fully saturated rings. The van der Waals surface area contributed by atoms with Gasteiger partial charge in [-0.1, -0.05) is 0 Å². The number of hydrogen-bond donors (Lipinski definition) is 0. The average molecular weight is 222 g/mol. The highest BCUT2D eigenvalue weighted by molar-refractivity contribution is 7.54. The van der Waals surface area contributed by atoms with Crippen molar-refractivity contribution in [1.29, 1.82) is 0 Å². The first-order valence-corrected chi connectivity index (χ1v) is 7.49. The molecule has 0 aliphatic carbocycles. The van der Waals surface area contributed by atoms with Crippen LogP contribution in [-0.4, -0.2) is 38.2 Å². The first-order chi connectivity index (χ1) is 6.11. The maximum atomic E-state index is 11.1. The van der Waals surface area contributed by atoms with E-state index in [0.29, 0.717) is 6.42 Å². The molecule has 0 aromatic heterocycles. The van der Waals surface area contributed by atoms with Crippen LogP contribution in [0.4, 0.5) is 0 Å². The topological polar surface area (TPSA) is 43.4 Å². The van der Waals surface area contributed by atoms with Crippen LogP contribution in [0.1, 0.15) is 12.8 Å². The molecule has 0 N–H and O–H groups in total. The van der Waals surface area contributed by atoms with E-state index in [0.717, 1.165) is 18.9 Å². The second kappa shape index (κ2) is 7.32. The SMILES string of the molecule is C=[P+](C)CCCC(C=O)[P+](=O)OC. The third-order valence-electron chi connectivity index (χ3n) is 1.65. The van der Waals surface area contributed by atoms with Gasteiger partial charge in [0.05, 0.1) is 27.6 Å². The molecule has 0 spiro atoms. The van der Waals surface area contributed by atoms with Crippen molar-refractivity contribution in [2.24, 2.45) is 0 Å². The van der Waals surface area contributed by atoms with E-state index >= 15 is 0 Å². The lowest BCUT2D eigenvalue weighted by Gasteiger charge is -1.94. The zero-order valence-electron chi connectivity index (χ0n) is 8.10. The minimum Gasteiger partial charge on any atom is -0.298 e. The second-order valence-electron chi connectivity index (χ2n) is 2.89. The summed E-state index contributed by atoms with van der Waals surface area (Å²) < 4.78 is 15.7. The van der Waals surface area contributed by atoms with E-state index in [2.05, 4.69) is 17.5 Å². The summed E-state index contributed by atoms with van der Waals surface area (Å²) in [4.78, 5) is 10.5. The van der Waals surface area contributed by atoms with Gasteiger partial charge in [0.25, 0.3) is 0 Å². The van der Waals surface area contributed by atoms with Gasteiger partial charge in [-0.25, -0.2) is 0 Å². The Morgan fingerprint density at radius 1 is 1.62 bits per heavy atom. The predicted molar refractivity (Wildman–Crippen MR) is 58.5 cm³/mol. The molecule has 74 valence electrons. The minimum atomic E-state index is -1.80. The summed E-state index contributed by atoms with van der Waals surface area (Å²) in [6.07, 6.45) is 7.19. The molecule has 5 heteroatoms. The summed E-state index contributed by atoms with van der Waals surface area (Å²) >= 11 is 0. The lowest BCUT2D eigenvalue weighted by molar-refractivity contribution is -0.107. The van der Waals surface area contributed by atoms with Crippen LogP contribution in [0.2, 0.25) is 0 Å². The Bertz CT molecular complexity index is 204. The van der Waals surface area contributed by atoms with Crippen LogP contribution in [0, 0.1) is 0 Å². The third-order valence-corrected chi connectivity index (χ3v) is 4.01. The zero-order valence-corrected chi connectivity index (χ0v) is 9.89. The summed E-state index contributed by atoms with van der Waals surface area (Å²) in [5.74, 6) is 0. The molecule has 3 unspecified atom stereocenters. The largest absolute Gasteiger partial charge is 0.518 e. The first kappa shape index (κ1) is 12.9. The van der Waals surface area contributed by atoms with E-state index in [9.17, 15) is 9.36 Å². The van der Waals surface area contributed by atoms with Gasteiger partial charge in [0.15, 0.2) is 6.29 Å². The van der Waals surface area contributed by atoms with Gasteiger partial charge in [0.1, 0.15) is 6.16 Å². The molecule has 13 heavy (non-hydrogen) atoms. The number of aldehydes is 1. The van der Waals surface area contributed by atoms with Crippen LogP contribution >= 0.6 is 15.6 Å². The molecule has 0 amide bonds. The second-order valence-corrected chi connectivity index (χ2v) is 6.65. The van der Waals surface area contributed by atoms with Crippen LogP contribution < -0.4 is 0 Å². The molecule has 0 saturated carbocycles. The molecule has 0 heterocycles. The Balaban J connectivity index is 3.79. The molecular weight excluding hydrogens is 206 g/mol. The van der Waals surface area contributed by atoms with Crippen LogP contribution in [0.5, 0.6) is 0 Å². The fourth-order valence-electron chi connectivity index (χ4n) is 0.929. The van der Waals surface area contributed by atoms with Crippen LogP contribution in [0.3, 0.4) is 0 Å². The Labute approximate surface area is 81.1 Å². The first-order valence-electron chi connectivity index (χ1n) is 4.09. The maximum Gasteiger partial charge on any atom is 0.518 e. The zero-order chi connectivity index (χ0) is 10.3. The Morgan fingerprint density at radius 2 is 2.23 bits per heavy atom. The van der Waals surface area contributed by atoms with E-state index in [4.69, 9.17) is 0 Å². The number of carbonyl (C=O) groups excluding carboxylic acids is 1. The summed E-state index contributed by atoms with van der Waals surface area (Å²) in [5.41, 5.74) is -0.435. The molecule has 0 saturated heterocycles. The molecule has 0 bridgehead atoms. The van der Waals surface area contributed by atoms with Crippen molar-refractivity contribution in [1.82, 2.24) is 0 Å². The number of rotatable bonds is 7. The van der Waals surface area contributed by atoms with Crippen molar-refractivity contribution in [3.8, 4) is 0 Å². The molecule has 0 aliphatic rings. The van der Waals surface area contributed by atoms with Crippen molar-refractivity contribution >= 4 is 28.2 Å². The standard InChI is InChI=1S/C8H16O3P2/c1-11-13(10)8(7-9)5-4-6-12(2)3/h7-8H,2,4-6H2,1,3H3/q+2. The molecular formula is C8H16O3P2+2. The highest BCUT2D eigenvalue weighted by Crippen LogP contribution is 2.30. The Hall–Kier alpha value is -0.100. The van der Waals surface area contributed by atoms with Gasteiger partial charge in [0, 0.05) is 6.42 Å². The van der Waals surface area contributed by atoms with Gasteiger partial charge in [-0.05, 0) is 11.0 Å². The number of carbonyl (C=O) groups is 1. The van der Waals surface area contributed by atoms with Crippen molar-refractivity contribution in [2.75, 3.05) is 19.9 Å². The Kier molecular flexibility index (Phi) is 7.26. The summed E-state index contributed by atoms with van der Waals surface area (Å²) in [7, 11) is -0.601. The quantitative estimate of drug-likeness (QED) is 0.490. The van der Waals surface area contributed by atoms with E-state index in [1.54, 1.807) is 0 Å². The van der Waals surface area contributed by atoms with Gasteiger partial charge in [0.2, 0.25) is 5.66 Å². The molecule has 0 aliphatic heterocycles. The van der Waals surface area contributed by atoms with E-state index < -0.39 is 13.7 Å². The van der Waals surface area contributed by atoms with Crippen LogP contribution in [0.15, 0.2) is 0 Å². The highest BCUT2D eigenvalue weighted by Gasteiger charge is 2.30. The van der Waals surface area contributed by atoms with Gasteiger partial charge in [-0.2, -0.15) is 0 Å². The molecule has 0 aromatic rings. The van der Waals surface area contributed by atoms with Crippen LogP contribution in [-0.2, 0) is 13.9 Å². The van der Waals surface area contributed by atoms with Gasteiger partial charge in [-0.15, -0.1) is 4.52 Å². The lowest BCUT2D eigenvalue weighted by Crippen LogP contribution is -2.05. The average Bonchev–Trinajstić information content (AvgIpc) is 2.11. The predicted octanol–water partition coefficient (Wildman–Crippen LogP) is 2.27. The fraction of sp³-hybridized carbons (Fsp3) is 0.750. The highest BCUT2D eigenvalue weighted by atomic mass is 31.1. The molecule has 0 radical (unpaired) electrons. The van der Waals surface area contributed by atoms with Gasteiger partial charge >= 0.3 is 8.03 Å². The summed E-state index contributed by atoms with van der Waals surface area (Å²) in [6, 6.07) is 0. The third kappa shape index (κ3) is 6.04. The van der Waals surface area contributed by atoms with Gasteiger partial charge < -0.3 is 0 Å². The van der Waals surface area contributed by atoms with E-state index in [1.807, 2.05) is 0 Å². The smallest absolute Gasteiger partial charge is 0.298 e. The summed E-state index contributed by atoms with van der Waals surface area (Å²) in [6.45, 7) is 2.08. The number of hydrogen-bond acceptors (Lipinski definition) is 3.